The van der Waals surface area contributed by atoms with Crippen molar-refractivity contribution in [1.82, 2.24) is 4.98 Å². The molecule has 1 atom stereocenters. The minimum atomic E-state index is -1.08. The largest absolute Gasteiger partial charge is 0.481 e. The first-order valence-electron chi connectivity index (χ1n) is 8.19. The number of hydrogen-bond acceptors (Lipinski definition) is 3. The van der Waals surface area contributed by atoms with Crippen LogP contribution in [0.1, 0.15) is 24.6 Å². The van der Waals surface area contributed by atoms with Crippen molar-refractivity contribution in [2.75, 3.05) is 0 Å². The summed E-state index contributed by atoms with van der Waals surface area (Å²) >= 11 is 0. The Morgan fingerprint density at radius 3 is 2.35 bits per heavy atom. The summed E-state index contributed by atoms with van der Waals surface area (Å²) in [5, 5.41) is 17.5. The molecule has 1 unspecified atom stereocenters. The molecule has 1 aromatic heterocycles. The van der Waals surface area contributed by atoms with Crippen molar-refractivity contribution in [3.05, 3.63) is 89.8 Å². The van der Waals surface area contributed by atoms with Crippen LogP contribution in [0.15, 0.2) is 78.5 Å². The first kappa shape index (κ1) is 19.1. The lowest BCUT2D eigenvalue weighted by Crippen LogP contribution is -2.28. The number of aliphatic carboxylic acids is 2. The quantitative estimate of drug-likeness (QED) is 0.876. The van der Waals surface area contributed by atoms with Crippen molar-refractivity contribution in [3.63, 3.8) is 0 Å². The molecule has 0 fully saturated rings. The van der Waals surface area contributed by atoms with E-state index in [2.05, 4.69) is 29.2 Å². The summed E-state index contributed by atoms with van der Waals surface area (Å²) in [6.45, 7) is 1.50. The fourth-order valence-electron chi connectivity index (χ4n) is 2.49. The number of hydrogen-bond donors (Lipinski definition) is 2. The predicted octanol–water partition coefficient (Wildman–Crippen LogP) is 3.72. The summed E-state index contributed by atoms with van der Waals surface area (Å²) in [7, 11) is 0. The van der Waals surface area contributed by atoms with Gasteiger partial charge >= 0.3 is 11.9 Å². The Bertz CT molecular complexity index is 775. The Hall–Kier alpha value is -3.21. The third-order valence-electron chi connectivity index (χ3n) is 4.04. The van der Waals surface area contributed by atoms with E-state index in [1.807, 2.05) is 30.5 Å². The van der Waals surface area contributed by atoms with E-state index in [0.717, 1.165) is 12.1 Å². The number of benzene rings is 1. The lowest BCUT2D eigenvalue weighted by atomic mass is 9.80. The van der Waals surface area contributed by atoms with E-state index in [4.69, 9.17) is 10.2 Å². The van der Waals surface area contributed by atoms with Crippen LogP contribution in [0.5, 0.6) is 0 Å². The molecule has 134 valence electrons. The number of aromatic nitrogens is 1. The standard InChI is InChI=1S/C12H11N.C9H10O4/c1-2-6-11(7-3-1)10-12-8-4-5-9-13-12;1-9(8(12)13)4-2-3-6(5-9)7(10)11/h1-9H,10H2;2-4H,5H2,1H3,(H,10,11)(H,12,13). The van der Waals surface area contributed by atoms with Gasteiger partial charge in [-0.25, -0.2) is 4.79 Å². The van der Waals surface area contributed by atoms with Crippen molar-refractivity contribution in [2.24, 2.45) is 5.41 Å². The van der Waals surface area contributed by atoms with E-state index >= 15 is 0 Å². The molecule has 5 nitrogen and oxygen atoms in total. The number of rotatable bonds is 4. The van der Waals surface area contributed by atoms with E-state index < -0.39 is 17.4 Å². The molecule has 0 amide bonds. The second kappa shape index (κ2) is 8.76. The van der Waals surface area contributed by atoms with Crippen LogP contribution in [0.4, 0.5) is 0 Å². The number of pyridine rings is 1. The maximum atomic E-state index is 10.8. The van der Waals surface area contributed by atoms with Crippen LogP contribution in [-0.2, 0) is 16.0 Å². The highest BCUT2D eigenvalue weighted by molar-refractivity contribution is 5.90. The molecule has 1 heterocycles. The molecule has 0 radical (unpaired) electrons. The molecule has 5 heteroatoms. The Labute approximate surface area is 152 Å². The molecular formula is C21H21NO4. The topological polar surface area (TPSA) is 87.5 Å². The van der Waals surface area contributed by atoms with Gasteiger partial charge in [-0.15, -0.1) is 0 Å². The van der Waals surface area contributed by atoms with Crippen LogP contribution in [0.3, 0.4) is 0 Å². The molecular weight excluding hydrogens is 330 g/mol. The average Bonchev–Trinajstić information content (AvgIpc) is 2.64. The van der Waals surface area contributed by atoms with Crippen molar-refractivity contribution in [2.45, 2.75) is 19.8 Å². The lowest BCUT2D eigenvalue weighted by molar-refractivity contribution is -0.145. The molecule has 3 rings (SSSR count). The van der Waals surface area contributed by atoms with Crippen LogP contribution in [-0.4, -0.2) is 27.1 Å². The second-order valence-corrected chi connectivity index (χ2v) is 6.24. The van der Waals surface area contributed by atoms with Crippen LogP contribution < -0.4 is 0 Å². The molecule has 0 saturated carbocycles. The van der Waals surface area contributed by atoms with Gasteiger partial charge < -0.3 is 10.2 Å². The van der Waals surface area contributed by atoms with Gasteiger partial charge in [0.05, 0.1) is 5.41 Å². The maximum Gasteiger partial charge on any atom is 0.331 e. The molecule has 1 aliphatic carbocycles. The molecule has 0 spiro atoms. The van der Waals surface area contributed by atoms with Crippen molar-refractivity contribution < 1.29 is 19.8 Å². The minimum absolute atomic E-state index is 0.0359. The lowest BCUT2D eigenvalue weighted by Gasteiger charge is -2.23. The van der Waals surface area contributed by atoms with Gasteiger partial charge in [-0.2, -0.15) is 0 Å². The molecule has 26 heavy (non-hydrogen) atoms. The molecule has 1 aromatic carbocycles. The van der Waals surface area contributed by atoms with Gasteiger partial charge in [0.2, 0.25) is 0 Å². The smallest absolute Gasteiger partial charge is 0.331 e. The van der Waals surface area contributed by atoms with Gasteiger partial charge in [0, 0.05) is 23.9 Å². The molecule has 0 saturated heterocycles. The third kappa shape index (κ3) is 5.41. The number of allylic oxidation sites excluding steroid dienone is 2. The summed E-state index contributed by atoms with van der Waals surface area (Å²) in [6.07, 6.45) is 7.18. The fraction of sp³-hybridized carbons (Fsp3) is 0.190. The van der Waals surface area contributed by atoms with E-state index in [9.17, 15) is 9.59 Å². The highest BCUT2D eigenvalue weighted by Crippen LogP contribution is 2.31. The van der Waals surface area contributed by atoms with Crippen LogP contribution in [0.2, 0.25) is 0 Å². The summed E-state index contributed by atoms with van der Waals surface area (Å²) in [5.41, 5.74) is 1.48. The number of nitrogens with zero attached hydrogens (tertiary/aromatic N) is 1. The number of carboxylic acid groups (broad SMARTS) is 2. The number of carbonyl (C=O) groups is 2. The summed E-state index contributed by atoms with van der Waals surface area (Å²) in [4.78, 5) is 25.6. The maximum absolute atomic E-state index is 10.8. The SMILES string of the molecule is CC1(C(=O)O)C=CC=C(C(=O)O)C1.c1ccc(Cc2ccccn2)cc1. The van der Waals surface area contributed by atoms with E-state index in [1.165, 1.54) is 30.7 Å². The Morgan fingerprint density at radius 2 is 1.77 bits per heavy atom. The Morgan fingerprint density at radius 1 is 1.08 bits per heavy atom. The molecule has 2 N–H and O–H groups in total. The number of carboxylic acids is 2. The Balaban J connectivity index is 0.000000187. The zero-order chi connectivity index (χ0) is 19.0. The summed E-state index contributed by atoms with van der Waals surface area (Å²) in [5.74, 6) is -2.06. The van der Waals surface area contributed by atoms with Gasteiger partial charge in [0.25, 0.3) is 0 Å². The monoisotopic (exact) mass is 351 g/mol. The molecule has 1 aliphatic rings. The van der Waals surface area contributed by atoms with Gasteiger partial charge in [-0.1, -0.05) is 54.6 Å². The van der Waals surface area contributed by atoms with Gasteiger partial charge in [0.1, 0.15) is 0 Å². The van der Waals surface area contributed by atoms with Crippen LogP contribution >= 0.6 is 0 Å². The second-order valence-electron chi connectivity index (χ2n) is 6.24. The highest BCUT2D eigenvalue weighted by atomic mass is 16.4. The average molecular weight is 351 g/mol. The van der Waals surface area contributed by atoms with Crippen molar-refractivity contribution in [3.8, 4) is 0 Å². The van der Waals surface area contributed by atoms with Crippen molar-refractivity contribution >= 4 is 11.9 Å². The zero-order valence-electron chi connectivity index (χ0n) is 14.5. The normalized spacial score (nSPS) is 18.3. The summed E-state index contributed by atoms with van der Waals surface area (Å²) < 4.78 is 0. The van der Waals surface area contributed by atoms with E-state index in [-0.39, 0.29) is 12.0 Å². The minimum Gasteiger partial charge on any atom is -0.481 e. The highest BCUT2D eigenvalue weighted by Gasteiger charge is 2.34. The fourth-order valence-corrected chi connectivity index (χ4v) is 2.49. The first-order valence-corrected chi connectivity index (χ1v) is 8.19. The molecule has 0 bridgehead atoms. The van der Waals surface area contributed by atoms with Gasteiger partial charge in [0.15, 0.2) is 0 Å². The van der Waals surface area contributed by atoms with Crippen LogP contribution in [0.25, 0.3) is 0 Å². The first-order chi connectivity index (χ1) is 12.4. The molecule has 2 aromatic rings. The zero-order valence-corrected chi connectivity index (χ0v) is 14.5. The van der Waals surface area contributed by atoms with Gasteiger partial charge in [-0.05, 0) is 31.0 Å². The van der Waals surface area contributed by atoms with E-state index in [0.29, 0.717) is 0 Å². The van der Waals surface area contributed by atoms with Crippen LogP contribution in [0, 0.1) is 5.41 Å². The summed E-state index contributed by atoms with van der Waals surface area (Å²) in [6, 6.07) is 16.4. The van der Waals surface area contributed by atoms with Gasteiger partial charge in [-0.3, -0.25) is 9.78 Å². The Kier molecular flexibility index (Phi) is 6.44. The molecule has 0 aliphatic heterocycles. The third-order valence-corrected chi connectivity index (χ3v) is 4.04. The van der Waals surface area contributed by atoms with E-state index in [1.54, 1.807) is 0 Å². The predicted molar refractivity (Wildman–Crippen MR) is 98.7 cm³/mol. The van der Waals surface area contributed by atoms with Crippen molar-refractivity contribution in [1.29, 1.82) is 0 Å².